The smallest absolute Gasteiger partial charge is 0.334 e. The Bertz CT molecular complexity index is 758. The van der Waals surface area contributed by atoms with Crippen LogP contribution in [0.2, 0.25) is 0 Å². The molecule has 1 saturated heterocycles. The average molecular weight is 613 g/mol. The van der Waals surface area contributed by atoms with E-state index >= 15 is 0 Å². The van der Waals surface area contributed by atoms with Gasteiger partial charge in [0.25, 0.3) is 0 Å². The number of hydrogen-bond acceptors (Lipinski definition) is 8. The number of ether oxygens (including phenoxy) is 2. The lowest BCUT2D eigenvalue weighted by Gasteiger charge is -2.23. The Morgan fingerprint density at radius 1 is 0.721 bits per heavy atom. The molecule has 0 aromatic rings. The molecule has 2 aliphatic rings. The quantitative estimate of drug-likeness (QED) is 0.0590. The van der Waals surface area contributed by atoms with E-state index in [0.717, 1.165) is 70.6 Å². The van der Waals surface area contributed by atoms with Crippen molar-refractivity contribution in [2.75, 3.05) is 0 Å². The summed E-state index contributed by atoms with van der Waals surface area (Å²) in [6, 6.07) is 0. The third-order valence-corrected chi connectivity index (χ3v) is 9.21. The van der Waals surface area contributed by atoms with Crippen LogP contribution in [0.5, 0.6) is 0 Å². The summed E-state index contributed by atoms with van der Waals surface area (Å²) < 4.78 is 11.2. The summed E-state index contributed by atoms with van der Waals surface area (Å²) in [6.45, 7) is 4.04. The highest BCUT2D eigenvalue weighted by molar-refractivity contribution is 5.90. The molecule has 0 radical (unpaired) electrons. The standard InChI is InChI=1S/C35H64O8/c1-3-4-5-6-7-8-10-15-28(36)16-13-14-19-31(38)32(39)21-22-33(40)34-23-20-30(43-34)18-12-9-11-17-29(37)25-27-24-26(2)42-35(27)41/h24,26,28-34,36-40H,3-23,25H2,1-2H3. The lowest BCUT2D eigenvalue weighted by atomic mass is 9.97. The van der Waals surface area contributed by atoms with Gasteiger partial charge in [-0.1, -0.05) is 84.0 Å². The number of rotatable bonds is 26. The molecule has 1 fully saturated rings. The largest absolute Gasteiger partial charge is 0.455 e. The van der Waals surface area contributed by atoms with Crippen molar-refractivity contribution in [3.05, 3.63) is 11.6 Å². The van der Waals surface area contributed by atoms with Gasteiger partial charge in [0.15, 0.2) is 0 Å². The molecule has 8 nitrogen and oxygen atoms in total. The Hall–Kier alpha value is -1.03. The van der Waals surface area contributed by atoms with Crippen LogP contribution in [0.4, 0.5) is 0 Å². The second-order valence-electron chi connectivity index (χ2n) is 13.3. The number of hydrogen-bond donors (Lipinski definition) is 5. The number of carbonyl (C=O) groups excluding carboxylic acids is 1. The number of unbranched alkanes of at least 4 members (excludes halogenated alkanes) is 9. The van der Waals surface area contributed by atoms with Crippen molar-refractivity contribution in [1.29, 1.82) is 0 Å². The minimum absolute atomic E-state index is 0.126. The van der Waals surface area contributed by atoms with Crippen LogP contribution in [-0.2, 0) is 14.3 Å². The average Bonchev–Trinajstić information content (AvgIpc) is 3.58. The molecule has 2 aliphatic heterocycles. The Morgan fingerprint density at radius 2 is 1.30 bits per heavy atom. The molecule has 8 heteroatoms. The van der Waals surface area contributed by atoms with Crippen LogP contribution in [0, 0.1) is 0 Å². The summed E-state index contributed by atoms with van der Waals surface area (Å²) in [7, 11) is 0. The molecule has 8 unspecified atom stereocenters. The summed E-state index contributed by atoms with van der Waals surface area (Å²) in [5, 5.41) is 51.8. The van der Waals surface area contributed by atoms with Gasteiger partial charge in [-0.15, -0.1) is 0 Å². The first-order valence-corrected chi connectivity index (χ1v) is 17.7. The highest BCUT2D eigenvalue weighted by atomic mass is 16.5. The SMILES string of the molecule is CCCCCCCCCC(O)CCCCC(O)C(O)CCC(O)C1CCC(CCCCCC(O)CC2=CC(C)OC2=O)O1. The minimum atomic E-state index is -0.862. The molecule has 0 bridgehead atoms. The maximum atomic E-state index is 11.7. The third kappa shape index (κ3) is 16.7. The van der Waals surface area contributed by atoms with Crippen molar-refractivity contribution in [2.24, 2.45) is 0 Å². The van der Waals surface area contributed by atoms with E-state index in [1.54, 1.807) is 6.08 Å². The van der Waals surface area contributed by atoms with Gasteiger partial charge in [0.05, 0.1) is 42.7 Å². The second-order valence-corrected chi connectivity index (χ2v) is 13.3. The van der Waals surface area contributed by atoms with Crippen LogP contribution < -0.4 is 0 Å². The van der Waals surface area contributed by atoms with E-state index in [4.69, 9.17) is 9.47 Å². The first-order chi connectivity index (χ1) is 20.7. The van der Waals surface area contributed by atoms with Gasteiger partial charge in [0.1, 0.15) is 6.10 Å². The Balaban J connectivity index is 1.45. The zero-order chi connectivity index (χ0) is 31.5. The van der Waals surface area contributed by atoms with Crippen molar-refractivity contribution in [1.82, 2.24) is 0 Å². The van der Waals surface area contributed by atoms with Crippen molar-refractivity contribution < 1.29 is 39.8 Å². The molecular formula is C35H64O8. The van der Waals surface area contributed by atoms with E-state index in [2.05, 4.69) is 6.92 Å². The minimum Gasteiger partial charge on any atom is -0.455 e. The number of cyclic esters (lactones) is 1. The molecular weight excluding hydrogens is 548 g/mol. The van der Waals surface area contributed by atoms with Gasteiger partial charge in [0, 0.05) is 12.0 Å². The zero-order valence-electron chi connectivity index (χ0n) is 27.2. The Labute approximate surface area is 261 Å². The van der Waals surface area contributed by atoms with Gasteiger partial charge in [-0.25, -0.2) is 4.79 Å². The second kappa shape index (κ2) is 22.5. The van der Waals surface area contributed by atoms with E-state index < -0.39 is 24.4 Å². The lowest BCUT2D eigenvalue weighted by Crippen LogP contribution is -2.31. The maximum Gasteiger partial charge on any atom is 0.334 e. The molecule has 0 saturated carbocycles. The summed E-state index contributed by atoms with van der Waals surface area (Å²) in [6.07, 6.45) is 18.0. The molecule has 5 N–H and O–H groups in total. The molecule has 0 spiro atoms. The monoisotopic (exact) mass is 612 g/mol. The van der Waals surface area contributed by atoms with Crippen molar-refractivity contribution >= 4 is 5.97 Å². The lowest BCUT2D eigenvalue weighted by molar-refractivity contribution is -0.139. The van der Waals surface area contributed by atoms with E-state index in [-0.39, 0.29) is 30.4 Å². The zero-order valence-corrected chi connectivity index (χ0v) is 27.2. The normalized spacial score (nSPS) is 24.0. The molecule has 252 valence electrons. The predicted octanol–water partition coefficient (Wildman–Crippen LogP) is 6.03. The topological polar surface area (TPSA) is 137 Å². The number of esters is 1. The molecule has 0 aromatic carbocycles. The van der Waals surface area contributed by atoms with Gasteiger partial charge < -0.3 is 35.0 Å². The number of aliphatic hydroxyl groups is 5. The van der Waals surface area contributed by atoms with Gasteiger partial charge >= 0.3 is 5.97 Å². The van der Waals surface area contributed by atoms with Crippen LogP contribution >= 0.6 is 0 Å². The van der Waals surface area contributed by atoms with E-state index in [1.165, 1.54) is 38.5 Å². The summed E-state index contributed by atoms with van der Waals surface area (Å²) in [5.41, 5.74) is 0.575. The van der Waals surface area contributed by atoms with Gasteiger partial charge in [-0.05, 0) is 70.8 Å². The molecule has 0 aliphatic carbocycles. The van der Waals surface area contributed by atoms with Crippen molar-refractivity contribution in [2.45, 2.75) is 204 Å². The third-order valence-electron chi connectivity index (χ3n) is 9.21. The van der Waals surface area contributed by atoms with Gasteiger partial charge in [-0.2, -0.15) is 0 Å². The summed E-state index contributed by atoms with van der Waals surface area (Å²) >= 11 is 0. The molecule has 0 aromatic heterocycles. The first kappa shape index (κ1) is 38.2. The summed E-state index contributed by atoms with van der Waals surface area (Å²) in [4.78, 5) is 11.7. The van der Waals surface area contributed by atoms with Crippen molar-refractivity contribution in [3.8, 4) is 0 Å². The van der Waals surface area contributed by atoms with E-state index in [0.29, 0.717) is 37.7 Å². The molecule has 8 atom stereocenters. The molecule has 0 amide bonds. The fourth-order valence-corrected chi connectivity index (χ4v) is 6.42. The Kier molecular flexibility index (Phi) is 19.9. The van der Waals surface area contributed by atoms with Crippen molar-refractivity contribution in [3.63, 3.8) is 0 Å². The fraction of sp³-hybridized carbons (Fsp3) is 0.914. The predicted molar refractivity (Wildman–Crippen MR) is 170 cm³/mol. The van der Waals surface area contributed by atoms with Crippen LogP contribution in [0.3, 0.4) is 0 Å². The van der Waals surface area contributed by atoms with E-state index in [1.807, 2.05) is 6.92 Å². The van der Waals surface area contributed by atoms with Crippen LogP contribution in [0.15, 0.2) is 11.6 Å². The molecule has 2 heterocycles. The van der Waals surface area contributed by atoms with Gasteiger partial charge in [0.2, 0.25) is 0 Å². The number of aliphatic hydroxyl groups excluding tert-OH is 5. The number of carbonyl (C=O) groups is 1. The molecule has 43 heavy (non-hydrogen) atoms. The van der Waals surface area contributed by atoms with Crippen LogP contribution in [-0.4, -0.2) is 80.3 Å². The van der Waals surface area contributed by atoms with Gasteiger partial charge in [-0.3, -0.25) is 0 Å². The molecule has 2 rings (SSSR count). The highest BCUT2D eigenvalue weighted by Crippen LogP contribution is 2.28. The Morgan fingerprint density at radius 3 is 1.98 bits per heavy atom. The first-order valence-electron chi connectivity index (χ1n) is 17.7. The maximum absolute atomic E-state index is 11.7. The highest BCUT2D eigenvalue weighted by Gasteiger charge is 2.31. The van der Waals surface area contributed by atoms with Crippen LogP contribution in [0.25, 0.3) is 0 Å². The van der Waals surface area contributed by atoms with Crippen LogP contribution in [0.1, 0.15) is 155 Å². The fourth-order valence-electron chi connectivity index (χ4n) is 6.42. The van der Waals surface area contributed by atoms with E-state index in [9.17, 15) is 30.3 Å². The summed E-state index contributed by atoms with van der Waals surface area (Å²) in [5.74, 6) is -0.316.